The van der Waals surface area contributed by atoms with Gasteiger partial charge in [0, 0.05) is 5.56 Å². The van der Waals surface area contributed by atoms with Gasteiger partial charge >= 0.3 is 5.97 Å². The fourth-order valence-corrected chi connectivity index (χ4v) is 3.94. The first kappa shape index (κ1) is 19.3. The first-order valence-corrected chi connectivity index (χ1v) is 9.59. The number of fused-ring (bicyclic) bond motifs is 1. The summed E-state index contributed by atoms with van der Waals surface area (Å²) in [6.45, 7) is 3.10. The van der Waals surface area contributed by atoms with Crippen molar-refractivity contribution in [1.82, 2.24) is 4.90 Å². The summed E-state index contributed by atoms with van der Waals surface area (Å²) >= 11 is 0. The molecule has 6 nitrogen and oxygen atoms in total. The topological polar surface area (TPSA) is 80.8 Å². The number of likely N-dealkylation sites (tertiary alicyclic amines) is 1. The van der Waals surface area contributed by atoms with Gasteiger partial charge in [0.2, 0.25) is 11.8 Å². The third-order valence-electron chi connectivity index (χ3n) is 5.63. The van der Waals surface area contributed by atoms with Crippen molar-refractivity contribution in [1.29, 1.82) is 0 Å². The molecule has 1 saturated carbocycles. The van der Waals surface area contributed by atoms with Gasteiger partial charge in [-0.3, -0.25) is 19.3 Å². The predicted molar refractivity (Wildman–Crippen MR) is 97.9 cm³/mol. The van der Waals surface area contributed by atoms with Crippen LogP contribution in [0.25, 0.3) is 0 Å². The van der Waals surface area contributed by atoms with E-state index in [-0.39, 0.29) is 29.4 Å². The molecule has 0 radical (unpaired) electrons. The molecule has 1 aliphatic heterocycles. The number of esters is 1. The van der Waals surface area contributed by atoms with Gasteiger partial charge in [-0.1, -0.05) is 44.0 Å². The number of benzene rings is 1. The summed E-state index contributed by atoms with van der Waals surface area (Å²) in [6, 6.07) is 6.13. The zero-order valence-electron chi connectivity index (χ0n) is 15.8. The highest BCUT2D eigenvalue weighted by molar-refractivity contribution is 6.08. The minimum absolute atomic E-state index is 0.282. The Labute approximate surface area is 158 Å². The monoisotopic (exact) mass is 371 g/mol. The minimum Gasteiger partial charge on any atom is -0.456 e. The van der Waals surface area contributed by atoms with Gasteiger partial charge in [-0.2, -0.15) is 0 Å². The Kier molecular flexibility index (Phi) is 5.73. The van der Waals surface area contributed by atoms with Crippen LogP contribution in [0.15, 0.2) is 24.3 Å². The average molecular weight is 371 g/mol. The SMILES string of the molecule is CCc1ccc(C(=O)COC(=O)[C@H](C)N2C(=O)[C@H]3CCCC[C@@H]3C2=O)cc1. The first-order valence-electron chi connectivity index (χ1n) is 9.59. The maximum absolute atomic E-state index is 12.5. The molecule has 1 heterocycles. The lowest BCUT2D eigenvalue weighted by molar-refractivity contribution is -0.157. The van der Waals surface area contributed by atoms with Gasteiger partial charge in [0.25, 0.3) is 0 Å². The van der Waals surface area contributed by atoms with Gasteiger partial charge in [-0.25, -0.2) is 4.79 Å². The summed E-state index contributed by atoms with van der Waals surface area (Å²) in [5.41, 5.74) is 1.58. The van der Waals surface area contributed by atoms with Gasteiger partial charge in [0.1, 0.15) is 6.04 Å². The van der Waals surface area contributed by atoms with Gasteiger partial charge in [-0.05, 0) is 31.7 Å². The fourth-order valence-electron chi connectivity index (χ4n) is 3.94. The lowest BCUT2D eigenvalue weighted by atomic mass is 9.81. The van der Waals surface area contributed by atoms with E-state index in [1.54, 1.807) is 12.1 Å². The van der Waals surface area contributed by atoms with E-state index >= 15 is 0 Å². The molecule has 2 aliphatic rings. The number of imide groups is 1. The smallest absolute Gasteiger partial charge is 0.329 e. The van der Waals surface area contributed by atoms with E-state index in [1.807, 2.05) is 19.1 Å². The predicted octanol–water partition coefficient (Wildman–Crippen LogP) is 2.54. The Bertz CT molecular complexity index is 730. The zero-order valence-corrected chi connectivity index (χ0v) is 15.8. The van der Waals surface area contributed by atoms with Crippen molar-refractivity contribution in [3.8, 4) is 0 Å². The van der Waals surface area contributed by atoms with Crippen molar-refractivity contribution < 1.29 is 23.9 Å². The molecule has 0 bridgehead atoms. The van der Waals surface area contributed by atoms with Crippen molar-refractivity contribution >= 4 is 23.6 Å². The van der Waals surface area contributed by atoms with Crippen LogP contribution in [0.2, 0.25) is 0 Å². The highest BCUT2D eigenvalue weighted by Gasteiger charge is 2.51. The number of Topliss-reactive ketones (excluding diaryl/α,β-unsaturated/α-hetero) is 1. The number of nitrogens with zero attached hydrogens (tertiary/aromatic N) is 1. The second kappa shape index (κ2) is 8.03. The second-order valence-electron chi connectivity index (χ2n) is 7.30. The van der Waals surface area contributed by atoms with Crippen LogP contribution in [-0.2, 0) is 25.5 Å². The highest BCUT2D eigenvalue weighted by atomic mass is 16.5. The fraction of sp³-hybridized carbons (Fsp3) is 0.524. The van der Waals surface area contributed by atoms with E-state index in [4.69, 9.17) is 4.74 Å². The number of amides is 2. The van der Waals surface area contributed by atoms with Crippen molar-refractivity contribution in [2.75, 3.05) is 6.61 Å². The van der Waals surface area contributed by atoms with E-state index in [9.17, 15) is 19.2 Å². The number of carbonyl (C=O) groups excluding carboxylic acids is 4. The molecule has 0 spiro atoms. The zero-order chi connectivity index (χ0) is 19.6. The number of carbonyl (C=O) groups is 4. The third kappa shape index (κ3) is 3.80. The Balaban J connectivity index is 1.59. The van der Waals surface area contributed by atoms with Crippen molar-refractivity contribution in [3.05, 3.63) is 35.4 Å². The molecule has 1 aromatic carbocycles. The summed E-state index contributed by atoms with van der Waals surface area (Å²) in [4.78, 5) is 50.7. The van der Waals surface area contributed by atoms with E-state index in [2.05, 4.69) is 0 Å². The van der Waals surface area contributed by atoms with Crippen LogP contribution in [0.3, 0.4) is 0 Å². The van der Waals surface area contributed by atoms with Gasteiger partial charge in [0.05, 0.1) is 11.8 Å². The number of hydrogen-bond acceptors (Lipinski definition) is 5. The number of rotatable bonds is 6. The first-order chi connectivity index (χ1) is 12.9. The van der Waals surface area contributed by atoms with Crippen LogP contribution in [0, 0.1) is 11.8 Å². The standard InChI is InChI=1S/C21H25NO5/c1-3-14-8-10-15(11-9-14)18(23)12-27-21(26)13(2)22-19(24)16-6-4-5-7-17(16)20(22)25/h8-11,13,16-17H,3-7,12H2,1-2H3/t13-,16-,17-/m0/s1. The molecule has 1 saturated heterocycles. The molecule has 144 valence electrons. The van der Waals surface area contributed by atoms with Crippen LogP contribution in [0.5, 0.6) is 0 Å². The maximum Gasteiger partial charge on any atom is 0.329 e. The summed E-state index contributed by atoms with van der Waals surface area (Å²) in [6.07, 6.45) is 4.12. The highest BCUT2D eigenvalue weighted by Crippen LogP contribution is 2.38. The Morgan fingerprint density at radius 3 is 2.15 bits per heavy atom. The van der Waals surface area contributed by atoms with E-state index in [0.717, 1.165) is 29.7 Å². The maximum atomic E-state index is 12.5. The van der Waals surface area contributed by atoms with Gasteiger partial charge < -0.3 is 4.74 Å². The number of ether oxygens (including phenoxy) is 1. The molecule has 0 unspecified atom stereocenters. The summed E-state index contributed by atoms with van der Waals surface area (Å²) < 4.78 is 5.10. The van der Waals surface area contributed by atoms with Crippen LogP contribution < -0.4 is 0 Å². The van der Waals surface area contributed by atoms with Gasteiger partial charge in [0.15, 0.2) is 12.4 Å². The lowest BCUT2D eigenvalue weighted by Crippen LogP contribution is -2.44. The number of hydrogen-bond donors (Lipinski definition) is 0. The molecular weight excluding hydrogens is 346 g/mol. The second-order valence-corrected chi connectivity index (χ2v) is 7.30. The molecular formula is C21H25NO5. The van der Waals surface area contributed by atoms with E-state index < -0.39 is 18.6 Å². The van der Waals surface area contributed by atoms with Gasteiger partial charge in [-0.15, -0.1) is 0 Å². The molecule has 0 N–H and O–H groups in total. The molecule has 6 heteroatoms. The van der Waals surface area contributed by atoms with Crippen LogP contribution >= 0.6 is 0 Å². The Morgan fingerprint density at radius 2 is 1.63 bits per heavy atom. The molecule has 1 aromatic rings. The average Bonchev–Trinajstić information content (AvgIpc) is 2.96. The van der Waals surface area contributed by atoms with Crippen molar-refractivity contribution in [3.63, 3.8) is 0 Å². The van der Waals surface area contributed by atoms with Crippen LogP contribution in [0.1, 0.15) is 55.5 Å². The van der Waals surface area contributed by atoms with Crippen molar-refractivity contribution in [2.45, 2.75) is 52.0 Å². The number of ketones is 1. The molecule has 0 aromatic heterocycles. The third-order valence-corrected chi connectivity index (χ3v) is 5.63. The number of aryl methyl sites for hydroxylation is 1. The van der Waals surface area contributed by atoms with E-state index in [0.29, 0.717) is 18.4 Å². The molecule has 1 aliphatic carbocycles. The van der Waals surface area contributed by atoms with Crippen molar-refractivity contribution in [2.24, 2.45) is 11.8 Å². The Morgan fingerprint density at radius 1 is 1.07 bits per heavy atom. The molecule has 3 atom stereocenters. The molecule has 2 amide bonds. The van der Waals surface area contributed by atoms with Crippen LogP contribution in [-0.4, -0.2) is 41.1 Å². The lowest BCUT2D eigenvalue weighted by Gasteiger charge is -2.21. The largest absolute Gasteiger partial charge is 0.456 e. The van der Waals surface area contributed by atoms with E-state index in [1.165, 1.54) is 6.92 Å². The molecule has 27 heavy (non-hydrogen) atoms. The summed E-state index contributed by atoms with van der Waals surface area (Å²) in [5, 5.41) is 0. The van der Waals surface area contributed by atoms with Crippen LogP contribution in [0.4, 0.5) is 0 Å². The Hall–Kier alpha value is -2.50. The molecule has 2 fully saturated rings. The molecule has 3 rings (SSSR count). The normalized spacial score (nSPS) is 23.1. The summed E-state index contributed by atoms with van der Waals surface area (Å²) in [7, 11) is 0. The minimum atomic E-state index is -1.01. The summed E-state index contributed by atoms with van der Waals surface area (Å²) in [5.74, 6) is -2.22. The quantitative estimate of drug-likeness (QED) is 0.436.